The second-order valence-electron chi connectivity index (χ2n) is 7.43. The van der Waals surface area contributed by atoms with Gasteiger partial charge >= 0.3 is 12.4 Å². The number of aliphatic imine (C=N–C) groups is 1. The number of carbonyl (C=O) groups is 2. The molecule has 36 heavy (non-hydrogen) atoms. The molecule has 0 aliphatic carbocycles. The molecule has 1 fully saturated rings. The second-order valence-corrected chi connectivity index (χ2v) is 8.15. The van der Waals surface area contributed by atoms with Crippen LogP contribution in [0.3, 0.4) is 0 Å². The molecular formula is C20H18F6N6O3S. The average Bonchev–Trinajstić information content (AvgIpc) is 3.54. The van der Waals surface area contributed by atoms with Crippen LogP contribution in [0.2, 0.25) is 0 Å². The normalized spacial score (nSPS) is 17.2. The molecule has 3 rings (SSSR count). The molecule has 2 unspecified atom stereocenters. The quantitative estimate of drug-likeness (QED) is 0.149. The Morgan fingerprint density at radius 3 is 2.33 bits per heavy atom. The second kappa shape index (κ2) is 11.0. The predicted octanol–water partition coefficient (Wildman–Crippen LogP) is 2.44. The van der Waals surface area contributed by atoms with Crippen LogP contribution in [-0.4, -0.2) is 54.0 Å². The largest absolute Gasteiger partial charge is 0.416 e. The van der Waals surface area contributed by atoms with Crippen molar-refractivity contribution < 1.29 is 40.7 Å². The lowest BCUT2D eigenvalue weighted by molar-refractivity contribution is -0.143. The molecule has 1 aromatic heterocycles. The van der Waals surface area contributed by atoms with E-state index in [9.17, 15) is 35.9 Å². The van der Waals surface area contributed by atoms with Gasteiger partial charge in [-0.15, -0.1) is 11.3 Å². The van der Waals surface area contributed by atoms with E-state index in [0.29, 0.717) is 17.8 Å². The van der Waals surface area contributed by atoms with Crippen LogP contribution in [0.15, 0.2) is 39.2 Å². The SMILES string of the molecule is N/N=C(\C=Nc1cc(C(F)(F)F)cc(C(F)(F)F)c1)CNC(=O)C(Cc1cscn1)NC(=O)C1CO1. The van der Waals surface area contributed by atoms with Crippen molar-refractivity contribution in [1.82, 2.24) is 15.6 Å². The zero-order valence-corrected chi connectivity index (χ0v) is 18.9. The van der Waals surface area contributed by atoms with Crippen molar-refractivity contribution in [3.05, 3.63) is 45.9 Å². The smallest absolute Gasteiger partial charge is 0.363 e. The highest BCUT2D eigenvalue weighted by molar-refractivity contribution is 7.07. The molecule has 9 nitrogen and oxygen atoms in total. The van der Waals surface area contributed by atoms with Gasteiger partial charge in [0, 0.05) is 11.8 Å². The minimum absolute atomic E-state index is 0.0272. The third kappa shape index (κ3) is 7.74. The van der Waals surface area contributed by atoms with Crippen LogP contribution in [0, 0.1) is 0 Å². The number of benzene rings is 1. The van der Waals surface area contributed by atoms with Crippen LogP contribution in [-0.2, 0) is 33.1 Å². The molecule has 1 aliphatic rings. The number of hydrazone groups is 1. The summed E-state index contributed by atoms with van der Waals surface area (Å²) < 4.78 is 83.0. The van der Waals surface area contributed by atoms with Gasteiger partial charge in [0.05, 0.1) is 53.1 Å². The van der Waals surface area contributed by atoms with Gasteiger partial charge in [0.25, 0.3) is 5.91 Å². The van der Waals surface area contributed by atoms with Gasteiger partial charge in [-0.3, -0.25) is 14.6 Å². The number of nitrogens with two attached hydrogens (primary N) is 1. The first kappa shape index (κ1) is 27.1. The van der Waals surface area contributed by atoms with Crippen molar-refractivity contribution in [1.29, 1.82) is 0 Å². The van der Waals surface area contributed by atoms with Gasteiger partial charge < -0.3 is 21.2 Å². The third-order valence-corrected chi connectivity index (χ3v) is 5.34. The Balaban J connectivity index is 1.70. The number of aromatic nitrogens is 1. The molecule has 2 atom stereocenters. The lowest BCUT2D eigenvalue weighted by atomic mass is 10.1. The van der Waals surface area contributed by atoms with Crippen LogP contribution in [0.1, 0.15) is 16.8 Å². The van der Waals surface area contributed by atoms with Crippen molar-refractivity contribution in [3.63, 3.8) is 0 Å². The highest BCUT2D eigenvalue weighted by Gasteiger charge is 2.37. The fraction of sp³-hybridized carbons (Fsp3) is 0.350. The van der Waals surface area contributed by atoms with Crippen molar-refractivity contribution in [2.45, 2.75) is 30.9 Å². The number of nitrogens with one attached hydrogen (secondary N) is 2. The maximum absolute atomic E-state index is 13.0. The van der Waals surface area contributed by atoms with Crippen molar-refractivity contribution in [2.75, 3.05) is 13.2 Å². The number of thiazole rings is 1. The molecule has 2 aromatic rings. The lowest BCUT2D eigenvalue weighted by Crippen LogP contribution is -2.50. The van der Waals surface area contributed by atoms with Gasteiger partial charge in [-0.25, -0.2) is 4.98 Å². The van der Waals surface area contributed by atoms with E-state index in [4.69, 9.17) is 10.6 Å². The van der Waals surface area contributed by atoms with E-state index in [2.05, 4.69) is 25.7 Å². The summed E-state index contributed by atoms with van der Waals surface area (Å²) in [6, 6.07) is -0.214. The number of hydrogen-bond acceptors (Lipinski definition) is 8. The number of amides is 2. The summed E-state index contributed by atoms with van der Waals surface area (Å²) in [6.45, 7) is -0.157. The average molecular weight is 536 g/mol. The van der Waals surface area contributed by atoms with Crippen LogP contribution in [0.5, 0.6) is 0 Å². The zero-order chi connectivity index (χ0) is 26.5. The van der Waals surface area contributed by atoms with Crippen LogP contribution >= 0.6 is 11.3 Å². The van der Waals surface area contributed by atoms with Crippen LogP contribution in [0.25, 0.3) is 0 Å². The lowest BCUT2D eigenvalue weighted by Gasteiger charge is -2.17. The summed E-state index contributed by atoms with van der Waals surface area (Å²) in [5, 5.41) is 9.99. The first-order chi connectivity index (χ1) is 16.9. The van der Waals surface area contributed by atoms with E-state index in [1.807, 2.05) is 0 Å². The van der Waals surface area contributed by atoms with Gasteiger partial charge in [0.2, 0.25) is 5.91 Å². The number of rotatable bonds is 9. The van der Waals surface area contributed by atoms with Gasteiger partial charge in [0.15, 0.2) is 6.10 Å². The highest BCUT2D eigenvalue weighted by Crippen LogP contribution is 2.38. The van der Waals surface area contributed by atoms with E-state index >= 15 is 0 Å². The Hall–Kier alpha value is -3.53. The molecule has 1 saturated heterocycles. The Morgan fingerprint density at radius 1 is 1.19 bits per heavy atom. The summed E-state index contributed by atoms with van der Waals surface area (Å²) in [4.78, 5) is 32.4. The summed E-state index contributed by atoms with van der Waals surface area (Å²) in [5.41, 5.74) is -1.81. The Bertz CT molecular complexity index is 1110. The number of ether oxygens (including phenoxy) is 1. The first-order valence-corrected chi connectivity index (χ1v) is 11.0. The van der Waals surface area contributed by atoms with Gasteiger partial charge in [-0.05, 0) is 18.2 Å². The Kier molecular flexibility index (Phi) is 8.29. The zero-order valence-electron chi connectivity index (χ0n) is 18.1. The van der Waals surface area contributed by atoms with E-state index in [-0.39, 0.29) is 31.4 Å². The molecule has 0 radical (unpaired) electrons. The molecule has 0 bridgehead atoms. The predicted molar refractivity (Wildman–Crippen MR) is 117 cm³/mol. The molecule has 1 aliphatic heterocycles. The minimum Gasteiger partial charge on any atom is -0.363 e. The molecule has 16 heteroatoms. The summed E-state index contributed by atoms with van der Waals surface area (Å²) in [5.74, 6) is 4.07. The van der Waals surface area contributed by atoms with Crippen molar-refractivity contribution in [2.24, 2.45) is 15.9 Å². The number of alkyl halides is 6. The number of carbonyl (C=O) groups excluding carboxylic acids is 2. The van der Waals surface area contributed by atoms with Crippen LogP contribution in [0.4, 0.5) is 32.0 Å². The van der Waals surface area contributed by atoms with E-state index in [1.165, 1.54) is 11.3 Å². The third-order valence-electron chi connectivity index (χ3n) is 4.70. The number of halogens is 6. The Labute approximate surface area is 203 Å². The van der Waals surface area contributed by atoms with Crippen molar-refractivity contribution >= 4 is 40.8 Å². The first-order valence-electron chi connectivity index (χ1n) is 10.0. The standard InChI is InChI=1S/C20H18F6N6O3S/c21-19(22,23)10-1-11(20(24,25)26)3-12(2-10)28-5-14(32-27)6-29-17(33)15(4-13-8-36-9-30-13)31-18(34)16-7-35-16/h1-3,5,8-9,15-16H,4,6-7,27H2,(H,29,33)(H,31,34)/b28-5?,32-14+. The van der Waals surface area contributed by atoms with Crippen molar-refractivity contribution in [3.8, 4) is 0 Å². The van der Waals surface area contributed by atoms with Gasteiger partial charge in [-0.1, -0.05) is 0 Å². The van der Waals surface area contributed by atoms with Gasteiger partial charge in [-0.2, -0.15) is 31.4 Å². The molecule has 0 spiro atoms. The van der Waals surface area contributed by atoms with Gasteiger partial charge in [0.1, 0.15) is 6.04 Å². The fourth-order valence-corrected chi connectivity index (χ4v) is 3.38. The summed E-state index contributed by atoms with van der Waals surface area (Å²) >= 11 is 1.29. The molecule has 2 heterocycles. The maximum atomic E-state index is 13.0. The van der Waals surface area contributed by atoms with E-state index < -0.39 is 53.1 Å². The summed E-state index contributed by atoms with van der Waals surface area (Å²) in [7, 11) is 0. The maximum Gasteiger partial charge on any atom is 0.416 e. The molecular weight excluding hydrogens is 518 g/mol. The monoisotopic (exact) mass is 536 g/mol. The fourth-order valence-electron chi connectivity index (χ4n) is 2.81. The molecule has 0 saturated carbocycles. The minimum atomic E-state index is -5.04. The number of hydrogen-bond donors (Lipinski definition) is 3. The Morgan fingerprint density at radius 2 is 1.83 bits per heavy atom. The highest BCUT2D eigenvalue weighted by atomic mass is 32.1. The van der Waals surface area contributed by atoms with E-state index in [0.717, 1.165) is 6.21 Å². The summed E-state index contributed by atoms with van der Waals surface area (Å²) in [6.07, 6.45) is -9.85. The molecule has 194 valence electrons. The number of epoxide rings is 1. The van der Waals surface area contributed by atoms with E-state index in [1.54, 1.807) is 10.9 Å². The number of nitrogens with zero attached hydrogens (tertiary/aromatic N) is 3. The molecule has 1 aromatic carbocycles. The topological polar surface area (TPSA) is 134 Å². The molecule has 2 amide bonds. The van der Waals surface area contributed by atoms with Crippen LogP contribution < -0.4 is 16.5 Å². The molecule has 4 N–H and O–H groups in total.